The van der Waals surface area contributed by atoms with Crippen molar-refractivity contribution in [3.63, 3.8) is 0 Å². The molecular formula is C17H19N3O3. The third-order valence-corrected chi connectivity index (χ3v) is 3.30. The van der Waals surface area contributed by atoms with Gasteiger partial charge in [-0.3, -0.25) is 4.79 Å². The highest BCUT2D eigenvalue weighted by atomic mass is 16.5. The van der Waals surface area contributed by atoms with E-state index in [4.69, 9.17) is 15.2 Å². The van der Waals surface area contributed by atoms with Crippen molar-refractivity contribution in [2.24, 2.45) is 5.10 Å². The highest BCUT2D eigenvalue weighted by Crippen LogP contribution is 2.27. The molecule has 0 aromatic heterocycles. The highest BCUT2D eigenvalue weighted by molar-refractivity contribution is 6.01. The Labute approximate surface area is 134 Å². The van der Waals surface area contributed by atoms with Crippen LogP contribution in [0, 0.1) is 0 Å². The van der Waals surface area contributed by atoms with Crippen molar-refractivity contribution < 1.29 is 14.3 Å². The van der Waals surface area contributed by atoms with E-state index < -0.39 is 0 Å². The molecule has 2 rings (SSSR count). The summed E-state index contributed by atoms with van der Waals surface area (Å²) in [6, 6.07) is 12.2. The number of benzene rings is 2. The summed E-state index contributed by atoms with van der Waals surface area (Å²) in [6.45, 7) is 1.81. The summed E-state index contributed by atoms with van der Waals surface area (Å²) in [5.74, 6) is 0.714. The normalized spacial score (nSPS) is 11.0. The molecule has 2 aromatic carbocycles. The molecule has 0 bridgehead atoms. The van der Waals surface area contributed by atoms with Crippen LogP contribution in [0.4, 0.5) is 5.69 Å². The van der Waals surface area contributed by atoms with Gasteiger partial charge in [0.1, 0.15) is 0 Å². The van der Waals surface area contributed by atoms with Crippen LogP contribution in [-0.2, 0) is 0 Å². The minimum absolute atomic E-state index is 0.333. The number of hydrogen-bond donors (Lipinski definition) is 2. The zero-order valence-electron chi connectivity index (χ0n) is 13.3. The Morgan fingerprint density at radius 2 is 1.61 bits per heavy atom. The molecule has 120 valence electrons. The summed E-state index contributed by atoms with van der Waals surface area (Å²) in [5, 5.41) is 4.10. The molecule has 0 aliphatic heterocycles. The molecule has 23 heavy (non-hydrogen) atoms. The summed E-state index contributed by atoms with van der Waals surface area (Å²) in [7, 11) is 3.06. The number of ether oxygens (including phenoxy) is 2. The van der Waals surface area contributed by atoms with E-state index in [9.17, 15) is 4.79 Å². The number of methoxy groups -OCH3 is 2. The van der Waals surface area contributed by atoms with Gasteiger partial charge < -0.3 is 15.2 Å². The first kappa shape index (κ1) is 16.4. The summed E-state index contributed by atoms with van der Waals surface area (Å²) in [5.41, 5.74) is 10.8. The first-order valence-electron chi connectivity index (χ1n) is 6.97. The largest absolute Gasteiger partial charge is 0.493 e. The number of carbonyl (C=O) groups is 1. The number of anilines is 1. The van der Waals surface area contributed by atoms with Crippen LogP contribution in [0.5, 0.6) is 11.5 Å². The number of nitrogens with one attached hydrogen (secondary N) is 1. The fourth-order valence-electron chi connectivity index (χ4n) is 1.97. The van der Waals surface area contributed by atoms with Crippen molar-refractivity contribution in [1.82, 2.24) is 5.43 Å². The Bertz CT molecular complexity index is 724. The van der Waals surface area contributed by atoms with E-state index >= 15 is 0 Å². The Hall–Kier alpha value is -3.02. The summed E-state index contributed by atoms with van der Waals surface area (Å²) in [4.78, 5) is 12.2. The van der Waals surface area contributed by atoms with E-state index in [1.807, 2.05) is 12.1 Å². The van der Waals surface area contributed by atoms with Gasteiger partial charge in [0, 0.05) is 11.3 Å². The zero-order valence-corrected chi connectivity index (χ0v) is 13.3. The second kappa shape index (κ2) is 7.31. The van der Waals surface area contributed by atoms with Gasteiger partial charge in [-0.25, -0.2) is 5.43 Å². The van der Waals surface area contributed by atoms with E-state index in [0.717, 1.165) is 5.56 Å². The van der Waals surface area contributed by atoms with Gasteiger partial charge in [0.05, 0.1) is 19.9 Å². The summed E-state index contributed by atoms with van der Waals surface area (Å²) >= 11 is 0. The fourth-order valence-corrected chi connectivity index (χ4v) is 1.97. The van der Waals surface area contributed by atoms with Crippen molar-refractivity contribution in [3.05, 3.63) is 53.6 Å². The van der Waals surface area contributed by atoms with E-state index in [-0.39, 0.29) is 5.91 Å². The first-order chi connectivity index (χ1) is 11.0. The number of rotatable bonds is 5. The predicted molar refractivity (Wildman–Crippen MR) is 90.1 cm³/mol. The number of nitrogen functional groups attached to an aromatic ring is 1. The molecule has 1 amide bonds. The topological polar surface area (TPSA) is 85.9 Å². The van der Waals surface area contributed by atoms with Crippen molar-refractivity contribution in [2.45, 2.75) is 6.92 Å². The van der Waals surface area contributed by atoms with Gasteiger partial charge in [0.2, 0.25) is 0 Å². The van der Waals surface area contributed by atoms with Crippen LogP contribution in [0.3, 0.4) is 0 Å². The van der Waals surface area contributed by atoms with Crippen LogP contribution in [0.1, 0.15) is 22.8 Å². The Kier molecular flexibility index (Phi) is 5.19. The molecule has 3 N–H and O–H groups in total. The van der Waals surface area contributed by atoms with Gasteiger partial charge >= 0.3 is 0 Å². The van der Waals surface area contributed by atoms with Crippen molar-refractivity contribution in [2.75, 3.05) is 20.0 Å². The molecule has 0 radical (unpaired) electrons. The molecule has 0 atom stereocenters. The number of amides is 1. The maximum absolute atomic E-state index is 12.2. The van der Waals surface area contributed by atoms with Crippen molar-refractivity contribution in [3.8, 4) is 11.5 Å². The number of nitrogens with zero attached hydrogens (tertiary/aromatic N) is 1. The van der Waals surface area contributed by atoms with Gasteiger partial charge in [-0.15, -0.1) is 0 Å². The van der Waals surface area contributed by atoms with Crippen LogP contribution in [0.15, 0.2) is 47.6 Å². The quantitative estimate of drug-likeness (QED) is 0.504. The molecule has 0 spiro atoms. The number of carbonyl (C=O) groups excluding carboxylic acids is 1. The maximum atomic E-state index is 12.2. The summed E-state index contributed by atoms with van der Waals surface area (Å²) < 4.78 is 10.3. The second-order valence-electron chi connectivity index (χ2n) is 4.83. The number of hydrazone groups is 1. The molecule has 0 aliphatic rings. The average molecular weight is 313 g/mol. The first-order valence-corrected chi connectivity index (χ1v) is 6.97. The third kappa shape index (κ3) is 4.00. The van der Waals surface area contributed by atoms with Crippen LogP contribution in [-0.4, -0.2) is 25.8 Å². The van der Waals surface area contributed by atoms with Crippen LogP contribution in [0.25, 0.3) is 0 Å². The van der Waals surface area contributed by atoms with Crippen molar-refractivity contribution >= 4 is 17.3 Å². The highest BCUT2D eigenvalue weighted by Gasteiger charge is 2.10. The third-order valence-electron chi connectivity index (χ3n) is 3.30. The fraction of sp³-hybridized carbons (Fsp3) is 0.176. The molecule has 0 saturated heterocycles. The SMILES string of the molecule is COc1ccc(C(=O)N/N=C(\C)c2ccc(N)cc2)cc1OC. The molecule has 0 heterocycles. The summed E-state index contributed by atoms with van der Waals surface area (Å²) in [6.07, 6.45) is 0. The van der Waals surface area contributed by atoms with E-state index in [1.54, 1.807) is 37.3 Å². The molecule has 0 aliphatic carbocycles. The average Bonchev–Trinajstić information content (AvgIpc) is 2.59. The lowest BCUT2D eigenvalue weighted by Gasteiger charge is -2.09. The van der Waals surface area contributed by atoms with Crippen LogP contribution >= 0.6 is 0 Å². The van der Waals surface area contributed by atoms with Gasteiger partial charge in [-0.1, -0.05) is 12.1 Å². The maximum Gasteiger partial charge on any atom is 0.271 e. The Morgan fingerprint density at radius 3 is 2.22 bits per heavy atom. The molecule has 6 nitrogen and oxygen atoms in total. The molecule has 0 fully saturated rings. The Morgan fingerprint density at radius 1 is 1.00 bits per heavy atom. The van der Waals surface area contributed by atoms with E-state index in [1.165, 1.54) is 14.2 Å². The van der Waals surface area contributed by atoms with Gasteiger partial charge in [0.15, 0.2) is 11.5 Å². The molecule has 2 aromatic rings. The monoisotopic (exact) mass is 313 g/mol. The Balaban J connectivity index is 2.12. The molecular weight excluding hydrogens is 294 g/mol. The predicted octanol–water partition coefficient (Wildman–Crippen LogP) is 2.44. The lowest BCUT2D eigenvalue weighted by molar-refractivity contribution is 0.0954. The minimum atomic E-state index is -0.333. The van der Waals surface area contributed by atoms with Gasteiger partial charge in [-0.2, -0.15) is 5.10 Å². The van der Waals surface area contributed by atoms with Gasteiger partial charge in [0.25, 0.3) is 5.91 Å². The minimum Gasteiger partial charge on any atom is -0.493 e. The van der Waals surface area contributed by atoms with Crippen LogP contribution < -0.4 is 20.6 Å². The molecule has 6 heteroatoms. The van der Waals surface area contributed by atoms with Crippen LogP contribution in [0.2, 0.25) is 0 Å². The standard InChI is InChI=1S/C17H19N3O3/c1-11(12-4-7-14(18)8-5-12)19-20-17(21)13-6-9-15(22-2)16(10-13)23-3/h4-10H,18H2,1-3H3,(H,20,21)/b19-11+. The van der Waals surface area contributed by atoms with Crippen molar-refractivity contribution in [1.29, 1.82) is 0 Å². The second-order valence-corrected chi connectivity index (χ2v) is 4.83. The number of nitrogens with two attached hydrogens (primary N) is 1. The van der Waals surface area contributed by atoms with Gasteiger partial charge in [-0.05, 0) is 42.8 Å². The zero-order chi connectivity index (χ0) is 16.8. The molecule has 0 saturated carbocycles. The smallest absolute Gasteiger partial charge is 0.271 e. The lowest BCUT2D eigenvalue weighted by Crippen LogP contribution is -2.19. The molecule has 0 unspecified atom stereocenters. The van der Waals surface area contributed by atoms with E-state index in [2.05, 4.69) is 10.5 Å². The lowest BCUT2D eigenvalue weighted by atomic mass is 10.1. The van der Waals surface area contributed by atoms with E-state index in [0.29, 0.717) is 28.5 Å². The number of hydrogen-bond acceptors (Lipinski definition) is 5.